The summed E-state index contributed by atoms with van der Waals surface area (Å²) in [5.74, 6) is 0.920. The number of rotatable bonds is 7. The molecule has 0 aromatic carbocycles. The quantitative estimate of drug-likeness (QED) is 0.817. The van der Waals surface area contributed by atoms with Crippen LogP contribution in [0, 0.1) is 0 Å². The van der Waals surface area contributed by atoms with E-state index in [4.69, 9.17) is 5.73 Å². The Morgan fingerprint density at radius 2 is 1.90 bits per heavy atom. The van der Waals surface area contributed by atoms with Crippen molar-refractivity contribution in [2.75, 3.05) is 37.3 Å². The first-order valence-electron chi connectivity index (χ1n) is 7.26. The number of nitrogen functional groups attached to an aromatic ring is 1. The predicted molar refractivity (Wildman–Crippen MR) is 82.8 cm³/mol. The van der Waals surface area contributed by atoms with Crippen LogP contribution in [0.3, 0.4) is 0 Å². The van der Waals surface area contributed by atoms with Gasteiger partial charge in [0.05, 0.1) is 17.9 Å². The van der Waals surface area contributed by atoms with Gasteiger partial charge >= 0.3 is 0 Å². The molecule has 0 aliphatic carbocycles. The van der Waals surface area contributed by atoms with E-state index in [0.717, 1.165) is 37.4 Å². The number of amides is 1. The van der Waals surface area contributed by atoms with Crippen LogP contribution >= 0.6 is 0 Å². The summed E-state index contributed by atoms with van der Waals surface area (Å²) in [6.07, 6.45) is 1.86. The van der Waals surface area contributed by atoms with E-state index in [1.165, 1.54) is 0 Å². The highest BCUT2D eigenvalue weighted by molar-refractivity contribution is 5.82. The van der Waals surface area contributed by atoms with Crippen LogP contribution in [0.25, 0.3) is 0 Å². The molecule has 0 atom stereocenters. The second-order valence-electron chi connectivity index (χ2n) is 4.98. The van der Waals surface area contributed by atoms with Crippen molar-refractivity contribution in [3.63, 3.8) is 0 Å². The number of nitrogens with two attached hydrogens (primary N) is 1. The molecule has 6 heteroatoms. The average Bonchev–Trinajstić information content (AvgIpc) is 2.66. The van der Waals surface area contributed by atoms with Crippen molar-refractivity contribution >= 4 is 17.4 Å². The SMILES string of the molecule is CCCc1nn(C)c(N(C)CC(=O)N(CC)CC)c1N. The van der Waals surface area contributed by atoms with Crippen LogP contribution in [0.2, 0.25) is 0 Å². The van der Waals surface area contributed by atoms with Gasteiger partial charge in [-0.3, -0.25) is 9.48 Å². The minimum atomic E-state index is 0.107. The number of aryl methyl sites for hydroxylation is 2. The summed E-state index contributed by atoms with van der Waals surface area (Å²) in [6.45, 7) is 7.84. The lowest BCUT2D eigenvalue weighted by atomic mass is 10.2. The van der Waals surface area contributed by atoms with E-state index >= 15 is 0 Å². The fourth-order valence-electron chi connectivity index (χ4n) is 2.41. The van der Waals surface area contributed by atoms with E-state index in [1.807, 2.05) is 37.7 Å². The second kappa shape index (κ2) is 7.17. The number of carbonyl (C=O) groups excluding carboxylic acids is 1. The number of nitrogens with zero attached hydrogens (tertiary/aromatic N) is 4. The van der Waals surface area contributed by atoms with E-state index in [-0.39, 0.29) is 5.91 Å². The van der Waals surface area contributed by atoms with Crippen molar-refractivity contribution in [2.45, 2.75) is 33.6 Å². The Morgan fingerprint density at radius 3 is 2.40 bits per heavy atom. The number of anilines is 2. The van der Waals surface area contributed by atoms with Gasteiger partial charge < -0.3 is 15.5 Å². The largest absolute Gasteiger partial charge is 0.394 e. The number of hydrogen-bond donors (Lipinski definition) is 1. The predicted octanol–water partition coefficient (Wildman–Crippen LogP) is 1.26. The van der Waals surface area contributed by atoms with Crippen molar-refractivity contribution in [3.05, 3.63) is 5.69 Å². The van der Waals surface area contributed by atoms with Crippen molar-refractivity contribution < 1.29 is 4.79 Å². The smallest absolute Gasteiger partial charge is 0.242 e. The molecule has 0 unspecified atom stereocenters. The molecule has 0 radical (unpaired) electrons. The van der Waals surface area contributed by atoms with Crippen LogP contribution in [-0.2, 0) is 18.3 Å². The second-order valence-corrected chi connectivity index (χ2v) is 4.98. The van der Waals surface area contributed by atoms with Crippen molar-refractivity contribution in [2.24, 2.45) is 7.05 Å². The van der Waals surface area contributed by atoms with E-state index in [2.05, 4.69) is 12.0 Å². The van der Waals surface area contributed by atoms with Gasteiger partial charge in [-0.1, -0.05) is 13.3 Å². The Labute approximate surface area is 121 Å². The van der Waals surface area contributed by atoms with Crippen LogP contribution in [0.5, 0.6) is 0 Å². The molecule has 0 spiro atoms. The minimum absolute atomic E-state index is 0.107. The fourth-order valence-corrected chi connectivity index (χ4v) is 2.41. The Hall–Kier alpha value is -1.72. The van der Waals surface area contributed by atoms with Crippen LogP contribution < -0.4 is 10.6 Å². The van der Waals surface area contributed by atoms with Gasteiger partial charge in [-0.2, -0.15) is 5.10 Å². The lowest BCUT2D eigenvalue weighted by Gasteiger charge is -2.24. The molecule has 0 saturated carbocycles. The Morgan fingerprint density at radius 1 is 1.30 bits per heavy atom. The number of carbonyl (C=O) groups is 1. The summed E-state index contributed by atoms with van der Waals surface area (Å²) in [6, 6.07) is 0. The van der Waals surface area contributed by atoms with E-state index < -0.39 is 0 Å². The molecule has 0 saturated heterocycles. The number of likely N-dealkylation sites (N-methyl/N-ethyl adjacent to an activating group) is 2. The molecule has 20 heavy (non-hydrogen) atoms. The van der Waals surface area contributed by atoms with Gasteiger partial charge in [0.25, 0.3) is 0 Å². The van der Waals surface area contributed by atoms with E-state index in [9.17, 15) is 4.79 Å². The first-order valence-corrected chi connectivity index (χ1v) is 7.26. The summed E-state index contributed by atoms with van der Waals surface area (Å²) < 4.78 is 1.76. The average molecular weight is 281 g/mol. The van der Waals surface area contributed by atoms with Crippen LogP contribution in [0.1, 0.15) is 32.9 Å². The molecule has 6 nitrogen and oxygen atoms in total. The molecule has 2 N–H and O–H groups in total. The Bertz CT molecular complexity index is 451. The van der Waals surface area contributed by atoms with Gasteiger partial charge in [-0.05, 0) is 20.3 Å². The molecule has 1 heterocycles. The molecule has 114 valence electrons. The van der Waals surface area contributed by atoms with Gasteiger partial charge in [0.1, 0.15) is 0 Å². The van der Waals surface area contributed by atoms with Gasteiger partial charge in [-0.25, -0.2) is 0 Å². The van der Waals surface area contributed by atoms with Gasteiger partial charge in [0.2, 0.25) is 5.91 Å². The van der Waals surface area contributed by atoms with E-state index in [1.54, 1.807) is 4.68 Å². The summed E-state index contributed by atoms with van der Waals surface area (Å²) in [5, 5.41) is 4.44. The fraction of sp³-hybridized carbons (Fsp3) is 0.714. The summed E-state index contributed by atoms with van der Waals surface area (Å²) in [7, 11) is 3.74. The topological polar surface area (TPSA) is 67.4 Å². The summed E-state index contributed by atoms with van der Waals surface area (Å²) in [5.41, 5.74) is 7.75. The molecular weight excluding hydrogens is 254 g/mol. The van der Waals surface area contributed by atoms with Crippen LogP contribution in [0.15, 0.2) is 0 Å². The van der Waals surface area contributed by atoms with Crippen molar-refractivity contribution in [1.29, 1.82) is 0 Å². The van der Waals surface area contributed by atoms with Gasteiger partial charge in [0.15, 0.2) is 5.82 Å². The lowest BCUT2D eigenvalue weighted by molar-refractivity contribution is -0.129. The minimum Gasteiger partial charge on any atom is -0.394 e. The van der Waals surface area contributed by atoms with Gasteiger partial charge in [0, 0.05) is 27.2 Å². The zero-order valence-corrected chi connectivity index (χ0v) is 13.3. The maximum atomic E-state index is 12.2. The molecule has 0 bridgehead atoms. The zero-order valence-electron chi connectivity index (χ0n) is 13.3. The summed E-state index contributed by atoms with van der Waals surface area (Å²) in [4.78, 5) is 15.9. The maximum absolute atomic E-state index is 12.2. The Balaban J connectivity index is 2.87. The number of aromatic nitrogens is 2. The van der Waals surface area contributed by atoms with Crippen LogP contribution in [-0.4, -0.2) is 47.3 Å². The van der Waals surface area contributed by atoms with Crippen molar-refractivity contribution in [3.8, 4) is 0 Å². The normalized spacial score (nSPS) is 10.7. The highest BCUT2D eigenvalue weighted by Gasteiger charge is 2.19. The molecule has 0 aliphatic rings. The highest BCUT2D eigenvalue weighted by Crippen LogP contribution is 2.26. The standard InChI is InChI=1S/C14H27N5O/c1-6-9-11-13(15)14(18(5)16-11)17(4)10-12(20)19(7-2)8-3/h6-10,15H2,1-5H3. The third kappa shape index (κ3) is 3.43. The lowest BCUT2D eigenvalue weighted by Crippen LogP contribution is -2.39. The molecule has 1 aromatic heterocycles. The molecule has 1 rings (SSSR count). The Kier molecular flexibility index (Phi) is 5.85. The van der Waals surface area contributed by atoms with Crippen molar-refractivity contribution in [1.82, 2.24) is 14.7 Å². The third-order valence-electron chi connectivity index (χ3n) is 3.47. The molecule has 1 amide bonds. The molecule has 0 aliphatic heterocycles. The number of hydrogen-bond acceptors (Lipinski definition) is 4. The van der Waals surface area contributed by atoms with Gasteiger partial charge in [-0.15, -0.1) is 0 Å². The zero-order chi connectivity index (χ0) is 15.3. The summed E-state index contributed by atoms with van der Waals surface area (Å²) >= 11 is 0. The van der Waals surface area contributed by atoms with Crippen LogP contribution in [0.4, 0.5) is 11.5 Å². The third-order valence-corrected chi connectivity index (χ3v) is 3.47. The van der Waals surface area contributed by atoms with E-state index in [0.29, 0.717) is 12.2 Å². The first-order chi connectivity index (χ1) is 9.46. The first kappa shape index (κ1) is 16.3. The highest BCUT2D eigenvalue weighted by atomic mass is 16.2. The maximum Gasteiger partial charge on any atom is 0.242 e. The molecule has 0 fully saturated rings. The molecular formula is C14H27N5O. The monoisotopic (exact) mass is 281 g/mol. The molecule has 1 aromatic rings.